The predicted octanol–water partition coefficient (Wildman–Crippen LogP) is 2.58. The Morgan fingerprint density at radius 3 is 2.57 bits per heavy atom. The molecule has 0 unspecified atom stereocenters. The van der Waals surface area contributed by atoms with Crippen molar-refractivity contribution >= 4 is 11.7 Å². The second-order valence-electron chi connectivity index (χ2n) is 5.00. The second-order valence-corrected chi connectivity index (χ2v) is 5.00. The van der Waals surface area contributed by atoms with Gasteiger partial charge in [-0.3, -0.25) is 9.67 Å². The summed E-state index contributed by atoms with van der Waals surface area (Å²) in [5, 5.41) is 7.34. The highest BCUT2D eigenvalue weighted by Crippen LogP contribution is 2.19. The molecular formula is C15H21N5O. The highest BCUT2D eigenvalue weighted by atomic mass is 16.2. The SMILES string of the molecule is CCn1nc(C)c(NC(=O)N(C)Cc2ccncc2)c1C. The van der Waals surface area contributed by atoms with E-state index in [-0.39, 0.29) is 6.03 Å². The fourth-order valence-electron chi connectivity index (χ4n) is 2.22. The van der Waals surface area contributed by atoms with Crippen LogP contribution >= 0.6 is 0 Å². The van der Waals surface area contributed by atoms with Gasteiger partial charge < -0.3 is 10.2 Å². The number of aryl methyl sites for hydroxylation is 2. The summed E-state index contributed by atoms with van der Waals surface area (Å²) in [5.41, 5.74) is 3.64. The summed E-state index contributed by atoms with van der Waals surface area (Å²) in [6.07, 6.45) is 3.45. The minimum Gasteiger partial charge on any atom is -0.323 e. The maximum absolute atomic E-state index is 12.3. The molecule has 0 spiro atoms. The van der Waals surface area contributed by atoms with Crippen molar-refractivity contribution in [1.82, 2.24) is 19.7 Å². The number of amides is 2. The molecule has 112 valence electrons. The van der Waals surface area contributed by atoms with Gasteiger partial charge in [-0.25, -0.2) is 4.79 Å². The Morgan fingerprint density at radius 1 is 1.33 bits per heavy atom. The van der Waals surface area contributed by atoms with Crippen LogP contribution in [0.1, 0.15) is 23.9 Å². The van der Waals surface area contributed by atoms with Gasteiger partial charge in [-0.1, -0.05) is 0 Å². The van der Waals surface area contributed by atoms with Crippen LogP contribution in [-0.2, 0) is 13.1 Å². The molecule has 0 aliphatic heterocycles. The highest BCUT2D eigenvalue weighted by Gasteiger charge is 2.16. The summed E-state index contributed by atoms with van der Waals surface area (Å²) in [7, 11) is 1.77. The summed E-state index contributed by atoms with van der Waals surface area (Å²) in [6, 6.07) is 3.65. The maximum atomic E-state index is 12.3. The van der Waals surface area contributed by atoms with E-state index >= 15 is 0 Å². The average Bonchev–Trinajstić information content (AvgIpc) is 2.75. The van der Waals surface area contributed by atoms with Crippen LogP contribution in [-0.4, -0.2) is 32.7 Å². The standard InChI is InChI=1S/C15H21N5O/c1-5-20-12(3)14(11(2)18-20)17-15(21)19(4)10-13-6-8-16-9-7-13/h6-9H,5,10H2,1-4H3,(H,17,21). The van der Waals surface area contributed by atoms with Crippen LogP contribution in [0, 0.1) is 13.8 Å². The normalized spacial score (nSPS) is 10.5. The lowest BCUT2D eigenvalue weighted by Crippen LogP contribution is -2.31. The zero-order valence-electron chi connectivity index (χ0n) is 12.9. The minimum absolute atomic E-state index is 0.145. The van der Waals surface area contributed by atoms with Crippen molar-refractivity contribution in [2.45, 2.75) is 33.9 Å². The molecule has 0 atom stereocenters. The van der Waals surface area contributed by atoms with E-state index in [1.54, 1.807) is 24.3 Å². The van der Waals surface area contributed by atoms with Crippen LogP contribution in [0.25, 0.3) is 0 Å². The van der Waals surface area contributed by atoms with E-state index in [4.69, 9.17) is 0 Å². The van der Waals surface area contributed by atoms with Crippen molar-refractivity contribution in [2.24, 2.45) is 0 Å². The first-order chi connectivity index (χ1) is 10.0. The van der Waals surface area contributed by atoms with Gasteiger partial charge in [0.15, 0.2) is 0 Å². The molecule has 2 aromatic rings. The number of hydrogen-bond acceptors (Lipinski definition) is 3. The largest absolute Gasteiger partial charge is 0.323 e. The van der Waals surface area contributed by atoms with Gasteiger partial charge in [0.25, 0.3) is 0 Å². The number of nitrogens with one attached hydrogen (secondary N) is 1. The maximum Gasteiger partial charge on any atom is 0.321 e. The van der Waals surface area contributed by atoms with Gasteiger partial charge in [0.05, 0.1) is 17.1 Å². The highest BCUT2D eigenvalue weighted by molar-refractivity contribution is 5.90. The first-order valence-corrected chi connectivity index (χ1v) is 6.98. The quantitative estimate of drug-likeness (QED) is 0.940. The summed E-state index contributed by atoms with van der Waals surface area (Å²) in [5.74, 6) is 0. The van der Waals surface area contributed by atoms with Crippen molar-refractivity contribution < 1.29 is 4.79 Å². The molecule has 0 saturated heterocycles. The van der Waals surface area contributed by atoms with Crippen LogP contribution in [0.3, 0.4) is 0 Å². The van der Waals surface area contributed by atoms with E-state index in [2.05, 4.69) is 15.4 Å². The molecule has 2 aromatic heterocycles. The molecule has 6 heteroatoms. The summed E-state index contributed by atoms with van der Waals surface area (Å²) < 4.78 is 1.88. The Balaban J connectivity index is 2.06. The first-order valence-electron chi connectivity index (χ1n) is 6.98. The second kappa shape index (κ2) is 6.39. The third kappa shape index (κ3) is 3.39. The Bertz CT molecular complexity index is 620. The van der Waals surface area contributed by atoms with Crippen molar-refractivity contribution in [1.29, 1.82) is 0 Å². The fraction of sp³-hybridized carbons (Fsp3) is 0.400. The number of anilines is 1. The van der Waals surface area contributed by atoms with E-state index in [0.717, 1.165) is 29.2 Å². The number of carbonyl (C=O) groups excluding carboxylic acids is 1. The first kappa shape index (κ1) is 15.0. The zero-order valence-corrected chi connectivity index (χ0v) is 12.9. The third-order valence-corrected chi connectivity index (χ3v) is 3.43. The summed E-state index contributed by atoms with van der Waals surface area (Å²) in [6.45, 7) is 7.21. The molecule has 0 aromatic carbocycles. The molecule has 6 nitrogen and oxygen atoms in total. The molecule has 0 bridgehead atoms. The molecule has 2 rings (SSSR count). The molecular weight excluding hydrogens is 266 g/mol. The number of hydrogen-bond donors (Lipinski definition) is 1. The lowest BCUT2D eigenvalue weighted by Gasteiger charge is -2.18. The average molecular weight is 287 g/mol. The smallest absolute Gasteiger partial charge is 0.321 e. The molecule has 2 heterocycles. The minimum atomic E-state index is -0.145. The van der Waals surface area contributed by atoms with Gasteiger partial charge in [-0.15, -0.1) is 0 Å². The number of carbonyl (C=O) groups is 1. The van der Waals surface area contributed by atoms with E-state index in [9.17, 15) is 4.79 Å². The van der Waals surface area contributed by atoms with Crippen molar-refractivity contribution in [2.75, 3.05) is 12.4 Å². The predicted molar refractivity (Wildman–Crippen MR) is 82.1 cm³/mol. The molecule has 2 amide bonds. The zero-order chi connectivity index (χ0) is 15.4. The molecule has 0 aliphatic carbocycles. The number of aromatic nitrogens is 3. The number of pyridine rings is 1. The van der Waals surface area contributed by atoms with Crippen molar-refractivity contribution in [3.05, 3.63) is 41.5 Å². The van der Waals surface area contributed by atoms with Crippen LogP contribution in [0.4, 0.5) is 10.5 Å². The van der Waals surface area contributed by atoms with E-state index in [0.29, 0.717) is 6.54 Å². The van der Waals surface area contributed by atoms with Crippen molar-refractivity contribution in [3.8, 4) is 0 Å². The van der Waals surface area contributed by atoms with E-state index < -0.39 is 0 Å². The third-order valence-electron chi connectivity index (χ3n) is 3.43. The monoisotopic (exact) mass is 287 g/mol. The molecule has 21 heavy (non-hydrogen) atoms. The molecule has 1 N–H and O–H groups in total. The Kier molecular flexibility index (Phi) is 4.57. The number of nitrogens with zero attached hydrogens (tertiary/aromatic N) is 4. The Hall–Kier alpha value is -2.37. The number of rotatable bonds is 4. The van der Waals surface area contributed by atoms with Gasteiger partial charge in [0.2, 0.25) is 0 Å². The van der Waals surface area contributed by atoms with Gasteiger partial charge in [0.1, 0.15) is 0 Å². The Morgan fingerprint density at radius 2 is 2.00 bits per heavy atom. The van der Waals surface area contributed by atoms with Gasteiger partial charge in [-0.05, 0) is 38.5 Å². The number of urea groups is 1. The van der Waals surface area contributed by atoms with Crippen LogP contribution < -0.4 is 5.32 Å². The van der Waals surface area contributed by atoms with Gasteiger partial charge in [0, 0.05) is 32.5 Å². The lowest BCUT2D eigenvalue weighted by molar-refractivity contribution is 0.220. The van der Waals surface area contributed by atoms with Crippen LogP contribution in [0.15, 0.2) is 24.5 Å². The topological polar surface area (TPSA) is 63.1 Å². The lowest BCUT2D eigenvalue weighted by atomic mass is 10.2. The molecule has 0 aliphatic rings. The summed E-state index contributed by atoms with van der Waals surface area (Å²) in [4.78, 5) is 17.9. The molecule has 0 fully saturated rings. The van der Waals surface area contributed by atoms with E-state index in [1.165, 1.54) is 0 Å². The molecule has 0 radical (unpaired) electrons. The van der Waals surface area contributed by atoms with Crippen LogP contribution in [0.5, 0.6) is 0 Å². The van der Waals surface area contributed by atoms with E-state index in [1.807, 2.05) is 37.6 Å². The fourth-order valence-corrected chi connectivity index (χ4v) is 2.22. The van der Waals surface area contributed by atoms with Crippen LogP contribution in [0.2, 0.25) is 0 Å². The van der Waals surface area contributed by atoms with Crippen molar-refractivity contribution in [3.63, 3.8) is 0 Å². The van der Waals surface area contributed by atoms with Gasteiger partial charge >= 0.3 is 6.03 Å². The molecule has 0 saturated carbocycles. The Labute approximate surface area is 124 Å². The van der Waals surface area contributed by atoms with Gasteiger partial charge in [-0.2, -0.15) is 5.10 Å². The summed E-state index contributed by atoms with van der Waals surface area (Å²) >= 11 is 0.